The van der Waals surface area contributed by atoms with Gasteiger partial charge in [0.2, 0.25) is 0 Å². The second kappa shape index (κ2) is 10.3. The van der Waals surface area contributed by atoms with Gasteiger partial charge in [-0.3, -0.25) is 4.99 Å². The minimum atomic E-state index is 0.428. The fourth-order valence-corrected chi connectivity index (χ4v) is 3.01. The van der Waals surface area contributed by atoms with Gasteiger partial charge in [0.25, 0.3) is 0 Å². The lowest BCUT2D eigenvalue weighted by Gasteiger charge is -2.34. The molecule has 1 aromatic rings. The lowest BCUT2D eigenvalue weighted by Crippen LogP contribution is -2.47. The van der Waals surface area contributed by atoms with Crippen LogP contribution in [0.15, 0.2) is 35.3 Å². The summed E-state index contributed by atoms with van der Waals surface area (Å²) in [4.78, 5) is 7.19. The zero-order chi connectivity index (χ0) is 16.3. The zero-order valence-electron chi connectivity index (χ0n) is 14.6. The maximum Gasteiger partial charge on any atom is 0.193 e. The lowest BCUT2D eigenvalue weighted by molar-refractivity contribution is 0.0264. The normalized spacial score (nSPS) is 16.6. The third-order valence-electron chi connectivity index (χ3n) is 4.21. The van der Waals surface area contributed by atoms with E-state index >= 15 is 0 Å². The number of ether oxygens (including phenoxy) is 1. The van der Waals surface area contributed by atoms with E-state index in [-0.39, 0.29) is 0 Å². The third-order valence-corrected chi connectivity index (χ3v) is 4.21. The van der Waals surface area contributed by atoms with Crippen molar-refractivity contribution in [3.05, 3.63) is 35.9 Å². The van der Waals surface area contributed by atoms with E-state index in [9.17, 15) is 0 Å². The molecule has 1 heterocycles. The first kappa shape index (κ1) is 17.8. The van der Waals surface area contributed by atoms with Gasteiger partial charge in [0.05, 0.1) is 6.10 Å². The predicted molar refractivity (Wildman–Crippen MR) is 97.0 cm³/mol. The monoisotopic (exact) mass is 317 g/mol. The molecule has 0 aromatic heterocycles. The molecule has 0 saturated carbocycles. The minimum absolute atomic E-state index is 0.428. The Hall–Kier alpha value is -1.55. The Morgan fingerprint density at radius 2 is 1.96 bits per heavy atom. The summed E-state index contributed by atoms with van der Waals surface area (Å²) in [6, 6.07) is 10.6. The second-order valence-electron chi connectivity index (χ2n) is 5.97. The van der Waals surface area contributed by atoms with Crippen LogP contribution in [0.5, 0.6) is 0 Å². The molecule has 128 valence electrons. The molecular formula is C19H31N3O. The third kappa shape index (κ3) is 6.22. The molecule has 0 aliphatic carbocycles. The molecule has 0 amide bonds. The van der Waals surface area contributed by atoms with Gasteiger partial charge in [0.1, 0.15) is 0 Å². The van der Waals surface area contributed by atoms with E-state index in [4.69, 9.17) is 9.73 Å². The van der Waals surface area contributed by atoms with Gasteiger partial charge in [-0.2, -0.15) is 0 Å². The number of benzene rings is 1. The maximum atomic E-state index is 5.73. The van der Waals surface area contributed by atoms with Crippen molar-refractivity contribution in [2.45, 2.75) is 45.6 Å². The van der Waals surface area contributed by atoms with E-state index in [1.165, 1.54) is 5.56 Å². The fraction of sp³-hybridized carbons (Fsp3) is 0.632. The van der Waals surface area contributed by atoms with E-state index in [0.29, 0.717) is 6.10 Å². The Morgan fingerprint density at radius 1 is 1.22 bits per heavy atom. The van der Waals surface area contributed by atoms with E-state index in [0.717, 1.165) is 64.4 Å². The quantitative estimate of drug-likeness (QED) is 0.477. The number of nitrogens with one attached hydrogen (secondary N) is 1. The largest absolute Gasteiger partial charge is 0.378 e. The molecule has 1 fully saturated rings. The van der Waals surface area contributed by atoms with Crippen molar-refractivity contribution in [1.29, 1.82) is 0 Å². The van der Waals surface area contributed by atoms with Gasteiger partial charge in [-0.05, 0) is 45.1 Å². The van der Waals surface area contributed by atoms with Crippen LogP contribution in [0.25, 0.3) is 0 Å². The highest BCUT2D eigenvalue weighted by Crippen LogP contribution is 2.13. The number of hydrogen-bond acceptors (Lipinski definition) is 2. The minimum Gasteiger partial charge on any atom is -0.378 e. The smallest absolute Gasteiger partial charge is 0.193 e. The summed E-state index contributed by atoms with van der Waals surface area (Å²) < 4.78 is 5.73. The number of likely N-dealkylation sites (tertiary alicyclic amines) is 1. The van der Waals surface area contributed by atoms with Crippen LogP contribution in [-0.4, -0.2) is 49.7 Å². The molecule has 0 atom stereocenters. The molecule has 0 bridgehead atoms. The molecule has 4 heteroatoms. The summed E-state index contributed by atoms with van der Waals surface area (Å²) in [5.41, 5.74) is 1.39. The Kier molecular flexibility index (Phi) is 7.95. The number of piperidine rings is 1. The van der Waals surface area contributed by atoms with E-state index in [2.05, 4.69) is 54.4 Å². The van der Waals surface area contributed by atoms with Gasteiger partial charge in [-0.1, -0.05) is 30.3 Å². The van der Waals surface area contributed by atoms with Crippen molar-refractivity contribution in [2.24, 2.45) is 4.99 Å². The number of nitrogens with zero attached hydrogens (tertiary/aromatic N) is 2. The Labute approximate surface area is 140 Å². The molecule has 1 aromatic carbocycles. The predicted octanol–water partition coefficient (Wildman–Crippen LogP) is 3.09. The van der Waals surface area contributed by atoms with E-state index in [1.807, 2.05) is 0 Å². The van der Waals surface area contributed by atoms with Gasteiger partial charge < -0.3 is 15.0 Å². The molecule has 2 rings (SSSR count). The van der Waals surface area contributed by atoms with E-state index < -0.39 is 0 Å². The molecule has 23 heavy (non-hydrogen) atoms. The van der Waals surface area contributed by atoms with Crippen molar-refractivity contribution >= 4 is 5.96 Å². The molecule has 1 saturated heterocycles. The van der Waals surface area contributed by atoms with Crippen LogP contribution in [0.4, 0.5) is 0 Å². The van der Waals surface area contributed by atoms with Crippen LogP contribution < -0.4 is 5.32 Å². The number of guanidine groups is 1. The zero-order valence-corrected chi connectivity index (χ0v) is 14.6. The van der Waals surface area contributed by atoms with Gasteiger partial charge >= 0.3 is 0 Å². The van der Waals surface area contributed by atoms with Gasteiger partial charge in [0, 0.05) is 32.8 Å². The van der Waals surface area contributed by atoms with Gasteiger partial charge in [-0.15, -0.1) is 0 Å². The number of aryl methyl sites for hydroxylation is 1. The standard InChI is InChI=1S/C19H31N3O/c1-3-20-19(22-15-12-18(13-16-22)23-4-2)21-14-8-11-17-9-6-5-7-10-17/h5-7,9-10,18H,3-4,8,11-16H2,1-2H3,(H,20,21). The number of aliphatic imine (C=N–C) groups is 1. The number of hydrogen-bond donors (Lipinski definition) is 1. The average Bonchev–Trinajstić information content (AvgIpc) is 2.60. The van der Waals surface area contributed by atoms with Crippen LogP contribution in [0.2, 0.25) is 0 Å². The highest BCUT2D eigenvalue weighted by molar-refractivity contribution is 5.80. The summed E-state index contributed by atoms with van der Waals surface area (Å²) in [7, 11) is 0. The SMILES string of the molecule is CCNC(=NCCCc1ccccc1)N1CCC(OCC)CC1. The molecule has 0 unspecified atom stereocenters. The van der Waals surface area contributed by atoms with Crippen molar-refractivity contribution in [3.8, 4) is 0 Å². The Bertz CT molecular complexity index is 453. The fourth-order valence-electron chi connectivity index (χ4n) is 3.01. The van der Waals surface area contributed by atoms with Crippen molar-refractivity contribution in [1.82, 2.24) is 10.2 Å². The lowest BCUT2D eigenvalue weighted by atomic mass is 10.1. The molecule has 0 radical (unpaired) electrons. The average molecular weight is 317 g/mol. The van der Waals surface area contributed by atoms with Crippen LogP contribution in [0.1, 0.15) is 38.7 Å². The summed E-state index contributed by atoms with van der Waals surface area (Å²) in [5.74, 6) is 1.07. The van der Waals surface area contributed by atoms with Crippen LogP contribution in [0, 0.1) is 0 Å². The first-order valence-electron chi connectivity index (χ1n) is 9.02. The van der Waals surface area contributed by atoms with Crippen LogP contribution >= 0.6 is 0 Å². The first-order chi connectivity index (χ1) is 11.3. The topological polar surface area (TPSA) is 36.9 Å². The molecule has 1 aliphatic heterocycles. The van der Waals surface area contributed by atoms with Crippen LogP contribution in [0.3, 0.4) is 0 Å². The molecule has 4 nitrogen and oxygen atoms in total. The van der Waals surface area contributed by atoms with Gasteiger partial charge in [0.15, 0.2) is 5.96 Å². The molecular weight excluding hydrogens is 286 g/mol. The second-order valence-corrected chi connectivity index (χ2v) is 5.97. The summed E-state index contributed by atoms with van der Waals surface area (Å²) in [6.45, 7) is 8.89. The van der Waals surface area contributed by atoms with Crippen molar-refractivity contribution in [3.63, 3.8) is 0 Å². The number of rotatable bonds is 7. The van der Waals surface area contributed by atoms with E-state index in [1.54, 1.807) is 0 Å². The summed E-state index contributed by atoms with van der Waals surface area (Å²) in [5, 5.41) is 3.43. The highest BCUT2D eigenvalue weighted by Gasteiger charge is 2.21. The van der Waals surface area contributed by atoms with Crippen molar-refractivity contribution in [2.75, 3.05) is 32.8 Å². The summed E-state index contributed by atoms with van der Waals surface area (Å²) >= 11 is 0. The molecule has 1 N–H and O–H groups in total. The van der Waals surface area contributed by atoms with Gasteiger partial charge in [-0.25, -0.2) is 0 Å². The van der Waals surface area contributed by atoms with Crippen LogP contribution in [-0.2, 0) is 11.2 Å². The Morgan fingerprint density at radius 3 is 2.61 bits per heavy atom. The van der Waals surface area contributed by atoms with Crippen molar-refractivity contribution < 1.29 is 4.74 Å². The molecule has 1 aliphatic rings. The Balaban J connectivity index is 1.78. The summed E-state index contributed by atoms with van der Waals surface area (Å²) in [6.07, 6.45) is 4.81. The highest BCUT2D eigenvalue weighted by atomic mass is 16.5. The molecule has 0 spiro atoms. The maximum absolute atomic E-state index is 5.73. The first-order valence-corrected chi connectivity index (χ1v) is 9.02.